The fraction of sp³-hybridized carbons (Fsp3) is 0.294. The number of hydrogen-bond acceptors (Lipinski definition) is 5. The third-order valence-corrected chi connectivity index (χ3v) is 16.5. The molecule has 0 N–H and O–H groups in total. The number of ether oxygens (including phenoxy) is 5. The van der Waals surface area contributed by atoms with Crippen molar-refractivity contribution in [3.05, 3.63) is 298 Å². The Morgan fingerprint density at radius 2 is 0.270 bits per heavy atom. The second kappa shape index (κ2) is 53.8. The van der Waals surface area contributed by atoms with E-state index in [1.165, 1.54) is 55.6 Å². The molecule has 0 aliphatic heterocycles. The summed E-state index contributed by atoms with van der Waals surface area (Å²) in [5.41, 5.74) is 13.4. The highest BCUT2D eigenvalue weighted by Gasteiger charge is 2.04. The molecule has 15 heteroatoms. The summed E-state index contributed by atoms with van der Waals surface area (Å²) in [5.74, 6) is 4.80. The normalized spacial score (nSPS) is 9.85. The Kier molecular flexibility index (Phi) is 48.4. The van der Waals surface area contributed by atoms with Gasteiger partial charge in [-0.05, 0) is 273 Å². The van der Waals surface area contributed by atoms with Crippen LogP contribution in [0.15, 0.2) is 267 Å². The molecule has 10 aromatic rings. The summed E-state index contributed by atoms with van der Waals surface area (Å²) in [7, 11) is 0. The number of benzene rings is 10. The Labute approximate surface area is 621 Å². The zero-order chi connectivity index (χ0) is 67.5. The summed E-state index contributed by atoms with van der Waals surface area (Å²) in [6, 6.07) is 83.0. The SMILES string of the molecule is CCCOc1ccc(CCc2ccc([S])cc2)cc1.CCCOc1ccc(CCc2ccc([S])cc2)cc1.CCCOc1ccc(CCc2ccc([S])cc2)cc1.CCCOc1ccc(CCc2ccc([S])cc2)cc1.CCCOc1ccc(CCc2ccc([S])cc2)cc1.F.F.F.F.F. The highest BCUT2D eigenvalue weighted by molar-refractivity contribution is 7.81. The van der Waals surface area contributed by atoms with Gasteiger partial charge in [0, 0.05) is 24.5 Å². The van der Waals surface area contributed by atoms with Gasteiger partial charge in [-0.2, -0.15) is 0 Å². The van der Waals surface area contributed by atoms with Gasteiger partial charge >= 0.3 is 0 Å². The van der Waals surface area contributed by atoms with Crippen molar-refractivity contribution in [1.82, 2.24) is 0 Å². The fourth-order valence-electron chi connectivity index (χ4n) is 9.59. The third kappa shape index (κ3) is 37.9. The average molecular weight is 1460 g/mol. The predicted octanol–water partition coefficient (Wildman–Crippen LogP) is 24.8. The van der Waals surface area contributed by atoms with Crippen LogP contribution in [0.5, 0.6) is 28.7 Å². The zero-order valence-electron chi connectivity index (χ0n) is 58.4. The Balaban J connectivity index is 0.000000617. The van der Waals surface area contributed by atoms with Crippen LogP contribution in [0, 0.1) is 0 Å². The molecule has 0 saturated heterocycles. The summed E-state index contributed by atoms with van der Waals surface area (Å²) in [4.78, 5) is 4.52. The van der Waals surface area contributed by atoms with E-state index in [1.807, 2.05) is 60.7 Å². The van der Waals surface area contributed by atoms with Gasteiger partial charge in [-0.25, -0.2) is 0 Å². The second-order valence-corrected chi connectivity index (χ2v) is 25.5. The van der Waals surface area contributed by atoms with E-state index in [9.17, 15) is 0 Å². The number of aryl methyl sites for hydroxylation is 10. The molecule has 0 atom stereocenters. The van der Waals surface area contributed by atoms with E-state index in [0.29, 0.717) is 0 Å². The molecule has 0 spiro atoms. The molecule has 0 saturated carbocycles. The maximum Gasteiger partial charge on any atom is 0.119 e. The third-order valence-electron chi connectivity index (χ3n) is 15.1. The Hall–Kier alpha value is -8.05. The van der Waals surface area contributed by atoms with Crippen molar-refractivity contribution in [2.75, 3.05) is 33.0 Å². The largest absolute Gasteiger partial charge is 0.494 e. The van der Waals surface area contributed by atoms with E-state index >= 15 is 0 Å². The molecule has 0 fully saturated rings. The number of hydrogen-bond donors (Lipinski definition) is 0. The van der Waals surface area contributed by atoms with Gasteiger partial charge in [0.05, 0.1) is 33.0 Å². The number of rotatable bonds is 30. The molecule has 535 valence electrons. The van der Waals surface area contributed by atoms with Gasteiger partial charge in [-0.3, -0.25) is 23.5 Å². The van der Waals surface area contributed by atoms with E-state index in [0.717, 1.165) is 183 Å². The molecule has 0 unspecified atom stereocenters. The molecule has 5 radical (unpaired) electrons. The highest BCUT2D eigenvalue weighted by Crippen LogP contribution is 2.22. The Morgan fingerprint density at radius 1 is 0.170 bits per heavy atom. The first-order valence-corrected chi connectivity index (χ1v) is 35.8. The highest BCUT2D eigenvalue weighted by atomic mass is 32.1. The van der Waals surface area contributed by atoms with Gasteiger partial charge in [-0.1, -0.05) is 219 Å². The second-order valence-electron chi connectivity index (χ2n) is 23.2. The van der Waals surface area contributed by atoms with Crippen LogP contribution < -0.4 is 23.7 Å². The quantitative estimate of drug-likeness (QED) is 0.0420. The predicted molar refractivity (Wildman–Crippen MR) is 422 cm³/mol. The maximum atomic E-state index is 5.57. The fourth-order valence-corrected chi connectivity index (χ4v) is 10.3. The summed E-state index contributed by atoms with van der Waals surface area (Å²) in [6.07, 6.45) is 15.7. The van der Waals surface area contributed by atoms with Crippen LogP contribution in [0.4, 0.5) is 23.5 Å². The topological polar surface area (TPSA) is 46.2 Å². The minimum Gasteiger partial charge on any atom is -0.494 e. The van der Waals surface area contributed by atoms with Crippen molar-refractivity contribution >= 4 is 63.1 Å². The molecule has 10 rings (SSSR count). The van der Waals surface area contributed by atoms with Crippen LogP contribution in [-0.2, 0) is 64.2 Å². The van der Waals surface area contributed by atoms with E-state index in [4.69, 9.17) is 86.8 Å². The van der Waals surface area contributed by atoms with Crippen molar-refractivity contribution in [3.8, 4) is 28.7 Å². The minimum absolute atomic E-state index is 0. The van der Waals surface area contributed by atoms with E-state index in [1.54, 1.807) is 0 Å². The summed E-state index contributed by atoms with van der Waals surface area (Å²) in [6.45, 7) is 14.5. The summed E-state index contributed by atoms with van der Waals surface area (Å²) in [5, 5.41) is 0. The van der Waals surface area contributed by atoms with E-state index in [2.05, 4.69) is 217 Å². The average Bonchev–Trinajstić information content (AvgIpc) is 1.06. The first kappa shape index (κ1) is 90.0. The monoisotopic (exact) mass is 1460 g/mol. The lowest BCUT2D eigenvalue weighted by molar-refractivity contribution is 0.317. The van der Waals surface area contributed by atoms with Crippen molar-refractivity contribution < 1.29 is 47.2 Å². The van der Waals surface area contributed by atoms with Gasteiger partial charge in [-0.15, -0.1) is 0 Å². The molecule has 0 heterocycles. The molecule has 0 aliphatic rings. The molecular formula is C85H100F5O5S5. The minimum atomic E-state index is 0. The molecular weight excluding hydrogens is 1360 g/mol. The Morgan fingerprint density at radius 3 is 0.370 bits per heavy atom. The van der Waals surface area contributed by atoms with Gasteiger partial charge in [0.2, 0.25) is 0 Å². The molecule has 0 aliphatic carbocycles. The zero-order valence-corrected chi connectivity index (χ0v) is 62.4. The summed E-state index contributed by atoms with van der Waals surface area (Å²) < 4.78 is 27.9. The molecule has 0 aromatic heterocycles. The van der Waals surface area contributed by atoms with Gasteiger partial charge < -0.3 is 23.7 Å². The lowest BCUT2D eigenvalue weighted by Gasteiger charge is -2.06. The molecule has 5 nitrogen and oxygen atoms in total. The van der Waals surface area contributed by atoms with Crippen LogP contribution in [0.1, 0.15) is 122 Å². The maximum absolute atomic E-state index is 5.57. The van der Waals surface area contributed by atoms with Crippen molar-refractivity contribution in [1.29, 1.82) is 0 Å². The van der Waals surface area contributed by atoms with Crippen molar-refractivity contribution in [3.63, 3.8) is 0 Å². The van der Waals surface area contributed by atoms with E-state index in [-0.39, 0.29) is 23.5 Å². The lowest BCUT2D eigenvalue weighted by atomic mass is 10.0. The van der Waals surface area contributed by atoms with E-state index < -0.39 is 0 Å². The molecule has 10 aromatic carbocycles. The standard InChI is InChI=1S/5C17H19OS.5FH/c5*1-2-13-18-16-9-5-14(6-10-16)3-4-15-7-11-17(19)12-8-15;;;;;/h5*5-12H,2-4,13H2,1H3;5*1H. The molecule has 100 heavy (non-hydrogen) atoms. The van der Waals surface area contributed by atoms with Crippen molar-refractivity contribution in [2.24, 2.45) is 0 Å². The first-order valence-electron chi connectivity index (χ1n) is 33.8. The summed E-state index contributed by atoms with van der Waals surface area (Å²) >= 11 is 25.4. The molecule has 0 amide bonds. The van der Waals surface area contributed by atoms with Crippen LogP contribution in [0.3, 0.4) is 0 Å². The lowest BCUT2D eigenvalue weighted by Crippen LogP contribution is -1.95. The number of halogens is 5. The van der Waals surface area contributed by atoms with Crippen LogP contribution in [-0.4, -0.2) is 33.0 Å². The van der Waals surface area contributed by atoms with Crippen LogP contribution in [0.2, 0.25) is 0 Å². The van der Waals surface area contributed by atoms with Crippen LogP contribution >= 0.6 is 63.1 Å². The van der Waals surface area contributed by atoms with Gasteiger partial charge in [0.1, 0.15) is 28.7 Å². The van der Waals surface area contributed by atoms with Crippen molar-refractivity contribution in [2.45, 2.75) is 155 Å². The van der Waals surface area contributed by atoms with Gasteiger partial charge in [0.25, 0.3) is 0 Å². The van der Waals surface area contributed by atoms with Crippen LogP contribution in [0.25, 0.3) is 0 Å². The van der Waals surface area contributed by atoms with Gasteiger partial charge in [0.15, 0.2) is 0 Å². The Bertz CT molecular complexity index is 3030. The smallest absolute Gasteiger partial charge is 0.119 e. The molecule has 0 bridgehead atoms. The first-order chi connectivity index (χ1) is 46.4.